The third-order valence-electron chi connectivity index (χ3n) is 3.68. The van der Waals surface area contributed by atoms with Crippen LogP contribution in [-0.2, 0) is 7.05 Å². The highest BCUT2D eigenvalue weighted by Gasteiger charge is 2.21. The highest BCUT2D eigenvalue weighted by molar-refractivity contribution is 5.91. The second-order valence-corrected chi connectivity index (χ2v) is 5.05. The molecule has 1 heterocycles. The predicted octanol–water partition coefficient (Wildman–Crippen LogP) is 0.310. The largest absolute Gasteiger partial charge is 0.350 e. The van der Waals surface area contributed by atoms with Crippen molar-refractivity contribution in [1.82, 2.24) is 20.3 Å². The van der Waals surface area contributed by atoms with Gasteiger partial charge >= 0.3 is 0 Å². The molecule has 1 aromatic heterocycles. The van der Waals surface area contributed by atoms with Gasteiger partial charge in [0, 0.05) is 13.6 Å². The van der Waals surface area contributed by atoms with Crippen LogP contribution in [0.4, 0.5) is 0 Å². The van der Waals surface area contributed by atoms with Crippen LogP contribution in [0.5, 0.6) is 0 Å². The normalized spacial score (nSPS) is 23.9. The summed E-state index contributed by atoms with van der Waals surface area (Å²) in [5.74, 6) is 1.12. The summed E-state index contributed by atoms with van der Waals surface area (Å²) in [6.07, 6.45) is 6.16. The molecule has 1 saturated carbocycles. The molecule has 0 radical (unpaired) electrons. The van der Waals surface area contributed by atoms with Gasteiger partial charge < -0.3 is 11.1 Å². The summed E-state index contributed by atoms with van der Waals surface area (Å²) in [4.78, 5) is 13.2. The maximum Gasteiger partial charge on any atom is 0.273 e. The minimum absolute atomic E-state index is 0.135. The van der Waals surface area contributed by atoms with Crippen molar-refractivity contribution < 1.29 is 4.79 Å². The number of nitrogens with one attached hydrogen (secondary N) is 1. The number of nitrogens with two attached hydrogens (primary N) is 1. The average Bonchev–Trinajstić information content (AvgIpc) is 2.83. The zero-order valence-corrected chi connectivity index (χ0v) is 10.8. The van der Waals surface area contributed by atoms with Crippen LogP contribution in [0.2, 0.25) is 0 Å². The molecule has 0 bridgehead atoms. The van der Waals surface area contributed by atoms with Gasteiger partial charge in [0.2, 0.25) is 0 Å². The van der Waals surface area contributed by atoms with Gasteiger partial charge in [0.15, 0.2) is 5.69 Å². The van der Waals surface area contributed by atoms with Crippen molar-refractivity contribution >= 4 is 5.91 Å². The predicted molar refractivity (Wildman–Crippen MR) is 67.8 cm³/mol. The fourth-order valence-electron chi connectivity index (χ4n) is 2.45. The SMILES string of the molecule is Cn1ncc(C(=O)NCC2CCC(CN)CC2)n1. The first-order chi connectivity index (χ1) is 8.69. The van der Waals surface area contributed by atoms with E-state index in [0.29, 0.717) is 17.5 Å². The number of aryl methyl sites for hydroxylation is 1. The molecule has 1 fully saturated rings. The Kier molecular flexibility index (Phi) is 4.30. The second-order valence-electron chi connectivity index (χ2n) is 5.05. The van der Waals surface area contributed by atoms with Crippen molar-refractivity contribution in [3.05, 3.63) is 11.9 Å². The smallest absolute Gasteiger partial charge is 0.273 e. The maximum atomic E-state index is 11.8. The minimum atomic E-state index is -0.135. The zero-order valence-electron chi connectivity index (χ0n) is 10.8. The van der Waals surface area contributed by atoms with E-state index < -0.39 is 0 Å². The molecule has 3 N–H and O–H groups in total. The molecule has 0 atom stereocenters. The van der Waals surface area contributed by atoms with Crippen molar-refractivity contribution in [3.8, 4) is 0 Å². The van der Waals surface area contributed by atoms with Crippen molar-refractivity contribution in [1.29, 1.82) is 0 Å². The van der Waals surface area contributed by atoms with Gasteiger partial charge in [0.1, 0.15) is 0 Å². The lowest BCUT2D eigenvalue weighted by atomic mass is 9.82. The quantitative estimate of drug-likeness (QED) is 0.806. The van der Waals surface area contributed by atoms with Crippen molar-refractivity contribution in [2.75, 3.05) is 13.1 Å². The number of nitrogens with zero attached hydrogens (tertiary/aromatic N) is 3. The number of hydrogen-bond acceptors (Lipinski definition) is 4. The first-order valence-electron chi connectivity index (χ1n) is 6.53. The minimum Gasteiger partial charge on any atom is -0.350 e. The molecular formula is C12H21N5O. The van der Waals surface area contributed by atoms with E-state index in [1.54, 1.807) is 7.05 Å². The zero-order chi connectivity index (χ0) is 13.0. The third-order valence-corrected chi connectivity index (χ3v) is 3.68. The molecule has 0 aromatic carbocycles. The van der Waals surface area contributed by atoms with Gasteiger partial charge in [0.05, 0.1) is 6.20 Å². The van der Waals surface area contributed by atoms with Crippen molar-refractivity contribution in [2.24, 2.45) is 24.6 Å². The number of carbonyl (C=O) groups is 1. The monoisotopic (exact) mass is 251 g/mol. The molecule has 0 aliphatic heterocycles. The molecule has 0 saturated heterocycles. The molecule has 100 valence electrons. The fourth-order valence-corrected chi connectivity index (χ4v) is 2.45. The number of hydrogen-bond donors (Lipinski definition) is 2. The molecule has 1 aliphatic carbocycles. The van der Waals surface area contributed by atoms with Gasteiger partial charge in [-0.1, -0.05) is 0 Å². The first kappa shape index (κ1) is 13.0. The van der Waals surface area contributed by atoms with E-state index in [0.717, 1.165) is 25.9 Å². The Labute approximate surface area is 107 Å². The third kappa shape index (κ3) is 3.29. The number of carbonyl (C=O) groups excluding carboxylic acids is 1. The van der Waals surface area contributed by atoms with Gasteiger partial charge in [0.25, 0.3) is 5.91 Å². The number of rotatable bonds is 4. The summed E-state index contributed by atoms with van der Waals surface area (Å²) in [7, 11) is 1.70. The van der Waals surface area contributed by atoms with E-state index in [2.05, 4.69) is 15.5 Å². The van der Waals surface area contributed by atoms with Crippen LogP contribution in [0.3, 0.4) is 0 Å². The summed E-state index contributed by atoms with van der Waals surface area (Å²) in [6.45, 7) is 1.52. The standard InChI is InChI=1S/C12H21N5O/c1-17-15-8-11(16-17)12(18)14-7-10-4-2-9(6-13)3-5-10/h8-10H,2-7,13H2,1H3,(H,14,18). The maximum absolute atomic E-state index is 11.8. The molecule has 6 heteroatoms. The van der Waals surface area contributed by atoms with E-state index in [1.807, 2.05) is 0 Å². The Hall–Kier alpha value is -1.43. The lowest BCUT2D eigenvalue weighted by molar-refractivity contribution is 0.0936. The van der Waals surface area contributed by atoms with Crippen LogP contribution in [0.25, 0.3) is 0 Å². The molecule has 2 rings (SSSR count). The molecule has 1 aliphatic rings. The Morgan fingerprint density at radius 3 is 2.67 bits per heavy atom. The Balaban J connectivity index is 1.74. The fraction of sp³-hybridized carbons (Fsp3) is 0.750. The van der Waals surface area contributed by atoms with E-state index >= 15 is 0 Å². The summed E-state index contributed by atoms with van der Waals surface area (Å²) in [6, 6.07) is 0. The number of amides is 1. The van der Waals surface area contributed by atoms with Gasteiger partial charge in [-0.2, -0.15) is 9.90 Å². The molecule has 18 heavy (non-hydrogen) atoms. The molecule has 6 nitrogen and oxygen atoms in total. The summed E-state index contributed by atoms with van der Waals surface area (Å²) >= 11 is 0. The molecule has 0 spiro atoms. The van der Waals surface area contributed by atoms with Gasteiger partial charge in [-0.3, -0.25) is 4.79 Å². The molecular weight excluding hydrogens is 230 g/mol. The molecule has 1 amide bonds. The van der Waals surface area contributed by atoms with E-state index in [1.165, 1.54) is 23.8 Å². The van der Waals surface area contributed by atoms with Gasteiger partial charge in [-0.25, -0.2) is 0 Å². The summed E-state index contributed by atoms with van der Waals surface area (Å²) < 4.78 is 0. The van der Waals surface area contributed by atoms with Crippen LogP contribution in [0.15, 0.2) is 6.20 Å². The van der Waals surface area contributed by atoms with Gasteiger partial charge in [-0.05, 0) is 44.1 Å². The van der Waals surface area contributed by atoms with E-state index in [9.17, 15) is 4.79 Å². The second kappa shape index (κ2) is 5.95. The van der Waals surface area contributed by atoms with Crippen LogP contribution >= 0.6 is 0 Å². The van der Waals surface area contributed by atoms with E-state index in [4.69, 9.17) is 5.73 Å². The summed E-state index contributed by atoms with van der Waals surface area (Å²) in [5.41, 5.74) is 6.04. The van der Waals surface area contributed by atoms with Crippen molar-refractivity contribution in [2.45, 2.75) is 25.7 Å². The Morgan fingerprint density at radius 2 is 2.11 bits per heavy atom. The highest BCUT2D eigenvalue weighted by Crippen LogP contribution is 2.27. The highest BCUT2D eigenvalue weighted by atomic mass is 16.2. The van der Waals surface area contributed by atoms with Crippen molar-refractivity contribution in [3.63, 3.8) is 0 Å². The topological polar surface area (TPSA) is 85.8 Å². The molecule has 1 aromatic rings. The first-order valence-corrected chi connectivity index (χ1v) is 6.53. The van der Waals surface area contributed by atoms with Crippen LogP contribution in [0, 0.1) is 11.8 Å². The van der Waals surface area contributed by atoms with E-state index in [-0.39, 0.29) is 5.91 Å². The lowest BCUT2D eigenvalue weighted by Crippen LogP contribution is -2.32. The lowest BCUT2D eigenvalue weighted by Gasteiger charge is -2.27. The Bertz CT molecular complexity index is 395. The average molecular weight is 251 g/mol. The summed E-state index contributed by atoms with van der Waals surface area (Å²) in [5, 5.41) is 10.8. The Morgan fingerprint density at radius 1 is 1.44 bits per heavy atom. The van der Waals surface area contributed by atoms with Gasteiger partial charge in [-0.15, -0.1) is 5.10 Å². The number of aromatic nitrogens is 3. The van der Waals surface area contributed by atoms with Crippen LogP contribution < -0.4 is 11.1 Å². The molecule has 0 unspecified atom stereocenters. The van der Waals surface area contributed by atoms with Crippen LogP contribution in [-0.4, -0.2) is 34.0 Å². The van der Waals surface area contributed by atoms with Crippen LogP contribution in [0.1, 0.15) is 36.2 Å².